The van der Waals surface area contributed by atoms with E-state index in [-0.39, 0.29) is 11.9 Å². The number of carboxylic acids is 1. The predicted octanol–water partition coefficient (Wildman–Crippen LogP) is 4.47. The van der Waals surface area contributed by atoms with Crippen LogP contribution in [0.3, 0.4) is 0 Å². The van der Waals surface area contributed by atoms with Crippen molar-refractivity contribution < 1.29 is 9.90 Å². The summed E-state index contributed by atoms with van der Waals surface area (Å²) in [6, 6.07) is 6.42. The Bertz CT molecular complexity index is 1490. The number of nitrogens with zero attached hydrogens (tertiary/aromatic N) is 3. The van der Waals surface area contributed by atoms with Crippen molar-refractivity contribution in [3.8, 4) is 0 Å². The summed E-state index contributed by atoms with van der Waals surface area (Å²) in [4.78, 5) is 46.5. The normalized spacial score (nSPS) is 13.4. The molecule has 0 aliphatic heterocycles. The average molecular weight is 463 g/mol. The number of benzene rings is 1. The molecule has 0 spiro atoms. The highest BCUT2D eigenvalue weighted by molar-refractivity contribution is 5.88. The van der Waals surface area contributed by atoms with Crippen molar-refractivity contribution in [3.63, 3.8) is 0 Å². The summed E-state index contributed by atoms with van der Waals surface area (Å²) in [7, 11) is 0. The number of pyridine rings is 1. The molecular formula is C26H30N4O4. The van der Waals surface area contributed by atoms with Gasteiger partial charge in [-0.3, -0.25) is 18.7 Å². The minimum Gasteiger partial charge on any atom is -0.481 e. The Labute approximate surface area is 196 Å². The second-order valence-corrected chi connectivity index (χ2v) is 9.02. The summed E-state index contributed by atoms with van der Waals surface area (Å²) >= 11 is 0. The third-order valence-electron chi connectivity index (χ3n) is 6.53. The van der Waals surface area contributed by atoms with Gasteiger partial charge >= 0.3 is 11.7 Å². The standard InChI is InChI=1S/C26H30N4O4/c1-5-6-8-18(13-22(31)32)30-25(33)24-21(9-7-10-27-24)29(26(30)34)17(4)19-14-28-20-12-15(2)11-16(3)23(19)20/h7,9-12,14,17-18,28H,5-6,8,13H2,1-4H3,(H,31,32). The van der Waals surface area contributed by atoms with Crippen LogP contribution in [0.25, 0.3) is 21.9 Å². The van der Waals surface area contributed by atoms with Crippen molar-refractivity contribution >= 4 is 27.9 Å². The number of carboxylic acid groups (broad SMARTS) is 1. The van der Waals surface area contributed by atoms with Gasteiger partial charge in [0.2, 0.25) is 0 Å². The first-order valence-corrected chi connectivity index (χ1v) is 11.7. The molecule has 0 fully saturated rings. The first kappa shape index (κ1) is 23.5. The van der Waals surface area contributed by atoms with Crippen LogP contribution in [0, 0.1) is 13.8 Å². The molecule has 2 atom stereocenters. The van der Waals surface area contributed by atoms with Gasteiger partial charge in [0.05, 0.1) is 24.0 Å². The molecule has 0 bridgehead atoms. The molecule has 0 amide bonds. The third kappa shape index (κ3) is 4.04. The van der Waals surface area contributed by atoms with Crippen LogP contribution in [0.5, 0.6) is 0 Å². The number of aromatic amines is 1. The number of aromatic nitrogens is 4. The second-order valence-electron chi connectivity index (χ2n) is 9.02. The molecule has 4 rings (SSSR count). The molecule has 2 N–H and O–H groups in total. The Kier molecular flexibility index (Phi) is 6.41. The first-order valence-electron chi connectivity index (χ1n) is 11.7. The number of H-pyrrole nitrogens is 1. The van der Waals surface area contributed by atoms with Crippen molar-refractivity contribution in [3.05, 3.63) is 74.2 Å². The number of hydrogen-bond acceptors (Lipinski definition) is 4. The highest BCUT2D eigenvalue weighted by Crippen LogP contribution is 2.31. The zero-order valence-corrected chi connectivity index (χ0v) is 20.0. The van der Waals surface area contributed by atoms with Crippen LogP contribution in [-0.4, -0.2) is 30.2 Å². The fourth-order valence-corrected chi connectivity index (χ4v) is 5.00. The lowest BCUT2D eigenvalue weighted by molar-refractivity contribution is -0.138. The first-order chi connectivity index (χ1) is 16.2. The zero-order chi connectivity index (χ0) is 24.6. The van der Waals surface area contributed by atoms with E-state index in [0.717, 1.165) is 38.6 Å². The van der Waals surface area contributed by atoms with Gasteiger partial charge in [0, 0.05) is 28.9 Å². The maximum atomic E-state index is 13.9. The fourth-order valence-electron chi connectivity index (χ4n) is 5.00. The molecule has 178 valence electrons. The van der Waals surface area contributed by atoms with E-state index >= 15 is 0 Å². The molecule has 0 saturated carbocycles. The van der Waals surface area contributed by atoms with Gasteiger partial charge in [-0.25, -0.2) is 9.78 Å². The number of hydrogen-bond donors (Lipinski definition) is 2. The maximum Gasteiger partial charge on any atom is 0.332 e. The van der Waals surface area contributed by atoms with E-state index in [1.165, 1.54) is 6.20 Å². The lowest BCUT2D eigenvalue weighted by atomic mass is 10.0. The van der Waals surface area contributed by atoms with Crippen LogP contribution in [0.2, 0.25) is 0 Å². The van der Waals surface area contributed by atoms with Crippen LogP contribution in [0.15, 0.2) is 46.2 Å². The molecule has 8 heteroatoms. The lowest BCUT2D eigenvalue weighted by Gasteiger charge is -2.23. The number of aryl methyl sites for hydroxylation is 2. The molecule has 4 aromatic rings. The van der Waals surface area contributed by atoms with E-state index in [4.69, 9.17) is 0 Å². The molecule has 0 saturated heterocycles. The average Bonchev–Trinajstić information content (AvgIpc) is 3.21. The maximum absolute atomic E-state index is 13.9. The quantitative estimate of drug-likeness (QED) is 0.401. The summed E-state index contributed by atoms with van der Waals surface area (Å²) in [6.45, 7) is 7.98. The lowest BCUT2D eigenvalue weighted by Crippen LogP contribution is -2.44. The van der Waals surface area contributed by atoms with Gasteiger partial charge < -0.3 is 10.1 Å². The number of fused-ring (bicyclic) bond motifs is 2. The Balaban J connectivity index is 2.01. The van der Waals surface area contributed by atoms with E-state index in [2.05, 4.69) is 22.1 Å². The molecule has 8 nitrogen and oxygen atoms in total. The Hall–Kier alpha value is -3.68. The summed E-state index contributed by atoms with van der Waals surface area (Å²) in [5.74, 6) is -1.05. The molecule has 2 unspecified atom stereocenters. The smallest absolute Gasteiger partial charge is 0.332 e. The van der Waals surface area contributed by atoms with Crippen molar-refractivity contribution in [1.82, 2.24) is 19.1 Å². The Morgan fingerprint density at radius 1 is 1.21 bits per heavy atom. The highest BCUT2D eigenvalue weighted by atomic mass is 16.4. The Morgan fingerprint density at radius 2 is 1.97 bits per heavy atom. The van der Waals surface area contributed by atoms with Crippen LogP contribution < -0.4 is 11.2 Å². The van der Waals surface area contributed by atoms with Crippen molar-refractivity contribution in [2.45, 2.75) is 65.5 Å². The zero-order valence-electron chi connectivity index (χ0n) is 20.0. The van der Waals surface area contributed by atoms with Crippen molar-refractivity contribution in [2.75, 3.05) is 0 Å². The van der Waals surface area contributed by atoms with Gasteiger partial charge in [-0.05, 0) is 56.5 Å². The number of nitrogens with one attached hydrogen (secondary N) is 1. The number of aliphatic carboxylic acids is 1. The van der Waals surface area contributed by atoms with E-state index in [1.54, 1.807) is 16.7 Å². The molecule has 0 aliphatic carbocycles. The summed E-state index contributed by atoms with van der Waals surface area (Å²) in [5.41, 5.74) is 3.67. The fraction of sp³-hybridized carbons (Fsp3) is 0.385. The van der Waals surface area contributed by atoms with Crippen LogP contribution in [0.4, 0.5) is 0 Å². The second kappa shape index (κ2) is 9.29. The van der Waals surface area contributed by atoms with Crippen molar-refractivity contribution in [1.29, 1.82) is 0 Å². The van der Waals surface area contributed by atoms with E-state index in [9.17, 15) is 19.5 Å². The topological polar surface area (TPSA) is 110 Å². The van der Waals surface area contributed by atoms with Crippen LogP contribution >= 0.6 is 0 Å². The van der Waals surface area contributed by atoms with Gasteiger partial charge in [0.1, 0.15) is 0 Å². The van der Waals surface area contributed by atoms with E-state index in [1.807, 2.05) is 33.9 Å². The summed E-state index contributed by atoms with van der Waals surface area (Å²) in [6.07, 6.45) is 5.08. The van der Waals surface area contributed by atoms with Gasteiger partial charge in [-0.1, -0.05) is 25.8 Å². The molecule has 3 aromatic heterocycles. The number of unbranched alkanes of at least 4 members (excludes halogenated alkanes) is 1. The van der Waals surface area contributed by atoms with Crippen LogP contribution in [0.1, 0.15) is 68.3 Å². The monoisotopic (exact) mass is 462 g/mol. The number of carbonyl (C=O) groups is 1. The molecule has 0 aliphatic rings. The Morgan fingerprint density at radius 3 is 2.68 bits per heavy atom. The largest absolute Gasteiger partial charge is 0.481 e. The number of rotatable bonds is 8. The molecule has 1 aromatic carbocycles. The van der Waals surface area contributed by atoms with Gasteiger partial charge in [0.25, 0.3) is 5.56 Å². The minimum atomic E-state index is -1.05. The van der Waals surface area contributed by atoms with Gasteiger partial charge in [-0.15, -0.1) is 0 Å². The van der Waals surface area contributed by atoms with E-state index < -0.39 is 29.3 Å². The molecule has 3 heterocycles. The molecule has 0 radical (unpaired) electrons. The van der Waals surface area contributed by atoms with E-state index in [0.29, 0.717) is 18.4 Å². The molecule has 34 heavy (non-hydrogen) atoms. The van der Waals surface area contributed by atoms with Gasteiger partial charge in [0.15, 0.2) is 5.52 Å². The highest BCUT2D eigenvalue weighted by Gasteiger charge is 2.26. The summed E-state index contributed by atoms with van der Waals surface area (Å²) in [5, 5.41) is 10.5. The van der Waals surface area contributed by atoms with Crippen LogP contribution in [-0.2, 0) is 4.79 Å². The SMILES string of the molecule is CCCCC(CC(=O)O)n1c(=O)c2ncccc2n(C(C)c2c[nH]c3cc(C)cc(C)c23)c1=O. The summed E-state index contributed by atoms with van der Waals surface area (Å²) < 4.78 is 2.69. The third-order valence-corrected chi connectivity index (χ3v) is 6.53. The van der Waals surface area contributed by atoms with Gasteiger partial charge in [-0.2, -0.15) is 0 Å². The van der Waals surface area contributed by atoms with Crippen molar-refractivity contribution in [2.24, 2.45) is 0 Å². The molecular weight excluding hydrogens is 432 g/mol. The minimum absolute atomic E-state index is 0.160. The predicted molar refractivity (Wildman–Crippen MR) is 133 cm³/mol.